The average Bonchev–Trinajstić information content (AvgIpc) is 3.17. The Kier molecular flexibility index (Phi) is 7.13. The number of urea groups is 1. The van der Waals surface area contributed by atoms with Gasteiger partial charge in [0, 0.05) is 12.1 Å². The van der Waals surface area contributed by atoms with Gasteiger partial charge in [-0.05, 0) is 12.8 Å². The van der Waals surface area contributed by atoms with Crippen molar-refractivity contribution in [2.24, 2.45) is 0 Å². The number of hydrogen-bond acceptors (Lipinski definition) is 8. The second kappa shape index (κ2) is 9.53. The number of imide groups is 1. The van der Waals surface area contributed by atoms with E-state index in [1.54, 1.807) is 0 Å². The number of esters is 1. The largest absolute Gasteiger partial charge is 0.493 e. The van der Waals surface area contributed by atoms with Crippen LogP contribution in [0.25, 0.3) is 0 Å². The molecule has 0 spiro atoms. The van der Waals surface area contributed by atoms with Crippen LogP contribution >= 0.6 is 0 Å². The van der Waals surface area contributed by atoms with E-state index < -0.39 is 40.7 Å². The molecular weight excluding hydrogens is 374 g/mol. The van der Waals surface area contributed by atoms with Crippen LogP contribution in [0, 0.1) is 10.1 Å². The number of rotatable bonds is 7. The van der Waals surface area contributed by atoms with E-state index in [4.69, 9.17) is 14.2 Å². The molecule has 0 bridgehead atoms. The van der Waals surface area contributed by atoms with E-state index >= 15 is 0 Å². The van der Waals surface area contributed by atoms with Gasteiger partial charge in [-0.1, -0.05) is 12.8 Å². The van der Waals surface area contributed by atoms with Gasteiger partial charge in [0.2, 0.25) is 0 Å². The lowest BCUT2D eigenvalue weighted by Gasteiger charge is -2.12. The highest BCUT2D eigenvalue weighted by Crippen LogP contribution is 2.34. The molecule has 0 radical (unpaired) electrons. The van der Waals surface area contributed by atoms with E-state index in [-0.39, 0.29) is 17.5 Å². The molecule has 0 unspecified atom stereocenters. The first kappa shape index (κ1) is 20.9. The molecule has 0 aromatic heterocycles. The van der Waals surface area contributed by atoms with Gasteiger partial charge in [0.1, 0.15) is 5.56 Å². The highest BCUT2D eigenvalue weighted by Gasteiger charge is 2.26. The molecule has 1 saturated carbocycles. The molecular formula is C17H21N3O8. The van der Waals surface area contributed by atoms with E-state index in [0.29, 0.717) is 0 Å². The molecule has 0 atom stereocenters. The Morgan fingerprint density at radius 1 is 1.14 bits per heavy atom. The van der Waals surface area contributed by atoms with Crippen LogP contribution in [0.5, 0.6) is 11.5 Å². The fraction of sp³-hybridized carbons (Fsp3) is 0.471. The Morgan fingerprint density at radius 3 is 2.32 bits per heavy atom. The number of amides is 3. The van der Waals surface area contributed by atoms with E-state index in [9.17, 15) is 24.5 Å². The van der Waals surface area contributed by atoms with Gasteiger partial charge < -0.3 is 19.5 Å². The van der Waals surface area contributed by atoms with Crippen molar-refractivity contribution < 1.29 is 33.5 Å². The molecule has 28 heavy (non-hydrogen) atoms. The molecule has 1 fully saturated rings. The number of ether oxygens (including phenoxy) is 3. The Bertz CT molecular complexity index is 774. The molecule has 1 aromatic carbocycles. The number of nitro benzene ring substituents is 1. The number of methoxy groups -OCH3 is 2. The average molecular weight is 395 g/mol. The topological polar surface area (TPSA) is 146 Å². The van der Waals surface area contributed by atoms with Gasteiger partial charge in [0.25, 0.3) is 11.6 Å². The molecule has 1 aliphatic carbocycles. The maximum atomic E-state index is 12.2. The van der Waals surface area contributed by atoms with Gasteiger partial charge >= 0.3 is 12.0 Å². The molecule has 152 valence electrons. The maximum absolute atomic E-state index is 12.2. The summed E-state index contributed by atoms with van der Waals surface area (Å²) in [6.45, 7) is -0.775. The molecule has 11 nitrogen and oxygen atoms in total. The smallest absolute Gasteiger partial charge is 0.345 e. The predicted molar refractivity (Wildman–Crippen MR) is 95.4 cm³/mol. The second-order valence-electron chi connectivity index (χ2n) is 6.06. The number of nitro groups is 1. The SMILES string of the molecule is COc1cc(C(=O)OCC(=O)NC(=O)NC2CCCC2)c([N+](=O)[O-])cc1OC. The third-order valence-electron chi connectivity index (χ3n) is 4.20. The molecule has 11 heteroatoms. The van der Waals surface area contributed by atoms with Gasteiger partial charge in [0.15, 0.2) is 18.1 Å². The summed E-state index contributed by atoms with van der Waals surface area (Å²) < 4.78 is 14.8. The van der Waals surface area contributed by atoms with Crippen LogP contribution in [-0.4, -0.2) is 49.7 Å². The third kappa shape index (κ3) is 5.32. The predicted octanol–water partition coefficient (Wildman–Crippen LogP) is 1.54. The molecule has 0 saturated heterocycles. The van der Waals surface area contributed by atoms with Crippen molar-refractivity contribution in [1.82, 2.24) is 10.6 Å². The summed E-state index contributed by atoms with van der Waals surface area (Å²) in [5, 5.41) is 15.9. The summed E-state index contributed by atoms with van der Waals surface area (Å²) in [5.74, 6) is -1.82. The van der Waals surface area contributed by atoms with Crippen molar-refractivity contribution in [2.45, 2.75) is 31.7 Å². The van der Waals surface area contributed by atoms with Crippen LogP contribution < -0.4 is 20.1 Å². The molecule has 1 aliphatic rings. The summed E-state index contributed by atoms with van der Waals surface area (Å²) in [5.41, 5.74) is -0.979. The van der Waals surface area contributed by atoms with E-state index in [1.165, 1.54) is 14.2 Å². The molecule has 0 heterocycles. The van der Waals surface area contributed by atoms with Crippen molar-refractivity contribution in [1.29, 1.82) is 0 Å². The minimum Gasteiger partial charge on any atom is -0.493 e. The maximum Gasteiger partial charge on any atom is 0.345 e. The summed E-state index contributed by atoms with van der Waals surface area (Å²) in [7, 11) is 2.59. The highest BCUT2D eigenvalue weighted by atomic mass is 16.6. The van der Waals surface area contributed by atoms with Gasteiger partial charge in [0.05, 0.1) is 25.2 Å². The molecule has 2 rings (SSSR count). The van der Waals surface area contributed by atoms with Crippen LogP contribution in [0.4, 0.5) is 10.5 Å². The van der Waals surface area contributed by atoms with Crippen molar-refractivity contribution in [3.05, 3.63) is 27.8 Å². The first-order chi connectivity index (χ1) is 13.3. The van der Waals surface area contributed by atoms with Crippen molar-refractivity contribution >= 4 is 23.6 Å². The third-order valence-corrected chi connectivity index (χ3v) is 4.20. The lowest BCUT2D eigenvalue weighted by Crippen LogP contribution is -2.45. The monoisotopic (exact) mass is 395 g/mol. The first-order valence-electron chi connectivity index (χ1n) is 8.53. The highest BCUT2D eigenvalue weighted by molar-refractivity contribution is 5.98. The Labute approximate surface area is 160 Å². The van der Waals surface area contributed by atoms with Gasteiger partial charge in [-0.15, -0.1) is 0 Å². The Morgan fingerprint density at radius 2 is 1.75 bits per heavy atom. The van der Waals surface area contributed by atoms with E-state index in [1.807, 2.05) is 5.32 Å². The van der Waals surface area contributed by atoms with E-state index in [0.717, 1.165) is 37.8 Å². The summed E-state index contributed by atoms with van der Waals surface area (Å²) in [6, 6.07) is 1.45. The second-order valence-corrected chi connectivity index (χ2v) is 6.06. The van der Waals surface area contributed by atoms with Crippen LogP contribution in [0.2, 0.25) is 0 Å². The fourth-order valence-corrected chi connectivity index (χ4v) is 2.85. The van der Waals surface area contributed by atoms with E-state index in [2.05, 4.69) is 5.32 Å². The zero-order valence-corrected chi connectivity index (χ0v) is 15.5. The van der Waals surface area contributed by atoms with Crippen LogP contribution in [0.15, 0.2) is 12.1 Å². The standard InChI is InChI=1S/C17H21N3O8/c1-26-13-7-11(12(20(24)25)8-14(13)27-2)16(22)28-9-15(21)19-17(23)18-10-5-3-4-6-10/h7-8,10H,3-6,9H2,1-2H3,(H2,18,19,21,23). The summed E-state index contributed by atoms with van der Waals surface area (Å²) in [4.78, 5) is 46.1. The van der Waals surface area contributed by atoms with Crippen molar-refractivity contribution in [3.8, 4) is 11.5 Å². The lowest BCUT2D eigenvalue weighted by atomic mass is 10.1. The number of benzene rings is 1. The molecule has 3 amide bonds. The zero-order chi connectivity index (χ0) is 20.7. The number of carbonyl (C=O) groups excluding carboxylic acids is 3. The minimum atomic E-state index is -1.11. The quantitative estimate of drug-likeness (QED) is 0.401. The normalized spacial score (nSPS) is 13.5. The Hall–Kier alpha value is -3.37. The van der Waals surface area contributed by atoms with Crippen molar-refractivity contribution in [3.63, 3.8) is 0 Å². The number of nitrogens with one attached hydrogen (secondary N) is 2. The molecule has 0 aliphatic heterocycles. The molecule has 1 aromatic rings. The number of carbonyl (C=O) groups is 3. The number of nitrogens with zero attached hydrogens (tertiary/aromatic N) is 1. The van der Waals surface area contributed by atoms with Crippen LogP contribution in [0.3, 0.4) is 0 Å². The summed E-state index contributed by atoms with van der Waals surface area (Å²) >= 11 is 0. The molecule has 2 N–H and O–H groups in total. The van der Waals surface area contributed by atoms with Gasteiger partial charge in [-0.25, -0.2) is 9.59 Å². The Balaban J connectivity index is 1.98. The minimum absolute atomic E-state index is 0.0183. The van der Waals surface area contributed by atoms with Crippen LogP contribution in [0.1, 0.15) is 36.0 Å². The zero-order valence-electron chi connectivity index (χ0n) is 15.5. The number of hydrogen-bond donors (Lipinski definition) is 2. The first-order valence-corrected chi connectivity index (χ1v) is 8.53. The van der Waals surface area contributed by atoms with Gasteiger partial charge in [-0.3, -0.25) is 20.2 Å². The van der Waals surface area contributed by atoms with Crippen molar-refractivity contribution in [2.75, 3.05) is 20.8 Å². The lowest BCUT2D eigenvalue weighted by molar-refractivity contribution is -0.385. The summed E-state index contributed by atoms with van der Waals surface area (Å²) in [6.07, 6.45) is 3.72. The van der Waals surface area contributed by atoms with Crippen LogP contribution in [-0.2, 0) is 9.53 Å². The van der Waals surface area contributed by atoms with Gasteiger partial charge in [-0.2, -0.15) is 0 Å². The fourth-order valence-electron chi connectivity index (χ4n) is 2.85.